The second-order valence-electron chi connectivity index (χ2n) is 7.14. The molecule has 1 atom stereocenters. The van der Waals surface area contributed by atoms with Crippen molar-refractivity contribution in [2.75, 3.05) is 24.5 Å². The highest BCUT2D eigenvalue weighted by molar-refractivity contribution is 5.83. The van der Waals surface area contributed by atoms with Crippen molar-refractivity contribution in [3.05, 3.63) is 47.1 Å². The molecular weight excluding hydrogens is 318 g/mol. The van der Waals surface area contributed by atoms with E-state index in [-0.39, 0.29) is 11.5 Å². The number of aryl methyl sites for hydroxylation is 1. The Hall–Kier alpha value is -2.57. The number of hydrogen-bond acceptors (Lipinski definition) is 4. The van der Waals surface area contributed by atoms with Crippen LogP contribution in [0, 0.1) is 5.92 Å². The molecule has 0 radical (unpaired) electrons. The number of carbonyl (C=O) groups is 1. The average molecular weight is 343 g/mol. The van der Waals surface area contributed by atoms with Gasteiger partial charge in [-0.1, -0.05) is 0 Å². The molecule has 0 unspecified atom stereocenters. The van der Waals surface area contributed by atoms with Gasteiger partial charge in [-0.05, 0) is 38.3 Å². The summed E-state index contributed by atoms with van der Waals surface area (Å²) in [6, 6.07) is 5.45. The predicted molar refractivity (Wildman–Crippen MR) is 96.6 cm³/mol. The lowest BCUT2D eigenvalue weighted by Crippen LogP contribution is -2.45. The SMILES string of the molecule is Cn1ncc(N2CC[C@@H](CNC(=O)C(C)(C)n3cccc3)C2)cc1=O. The molecule has 1 aliphatic rings. The van der Waals surface area contributed by atoms with Crippen LogP contribution in [-0.4, -0.2) is 39.9 Å². The van der Waals surface area contributed by atoms with Crippen LogP contribution in [0.4, 0.5) is 5.69 Å². The number of carbonyl (C=O) groups excluding carboxylic acids is 1. The van der Waals surface area contributed by atoms with E-state index in [0.717, 1.165) is 25.2 Å². The van der Waals surface area contributed by atoms with Crippen LogP contribution < -0.4 is 15.8 Å². The first-order chi connectivity index (χ1) is 11.9. The Morgan fingerprint density at radius 3 is 2.76 bits per heavy atom. The zero-order chi connectivity index (χ0) is 18.0. The molecule has 1 amide bonds. The summed E-state index contributed by atoms with van der Waals surface area (Å²) in [4.78, 5) is 26.4. The van der Waals surface area contributed by atoms with Gasteiger partial charge >= 0.3 is 0 Å². The van der Waals surface area contributed by atoms with Crippen molar-refractivity contribution in [1.29, 1.82) is 0 Å². The summed E-state index contributed by atoms with van der Waals surface area (Å²) >= 11 is 0. The van der Waals surface area contributed by atoms with Crippen molar-refractivity contribution in [2.45, 2.75) is 25.8 Å². The molecule has 7 heteroatoms. The molecule has 0 spiro atoms. The topological polar surface area (TPSA) is 72.2 Å². The van der Waals surface area contributed by atoms with Crippen LogP contribution >= 0.6 is 0 Å². The minimum absolute atomic E-state index is 0.0115. The van der Waals surface area contributed by atoms with E-state index in [1.807, 2.05) is 42.9 Å². The van der Waals surface area contributed by atoms with Gasteiger partial charge in [0.1, 0.15) is 5.54 Å². The van der Waals surface area contributed by atoms with Crippen molar-refractivity contribution in [1.82, 2.24) is 19.7 Å². The van der Waals surface area contributed by atoms with Crippen LogP contribution in [0.2, 0.25) is 0 Å². The van der Waals surface area contributed by atoms with E-state index in [1.54, 1.807) is 19.3 Å². The standard InChI is InChI=1S/C18H25N5O2/c1-18(2,23-7-4-5-8-23)17(25)19-11-14-6-9-22(13-14)15-10-16(24)21(3)20-12-15/h4-5,7-8,10,12,14H,6,9,11,13H2,1-3H3,(H,19,25)/t14-/m0/s1. The predicted octanol–water partition coefficient (Wildman–Crippen LogP) is 0.960. The number of nitrogens with one attached hydrogen (secondary N) is 1. The van der Waals surface area contributed by atoms with E-state index < -0.39 is 5.54 Å². The third-order valence-corrected chi connectivity index (χ3v) is 4.96. The van der Waals surface area contributed by atoms with E-state index in [9.17, 15) is 9.59 Å². The fourth-order valence-corrected chi connectivity index (χ4v) is 3.14. The first-order valence-corrected chi connectivity index (χ1v) is 8.58. The summed E-state index contributed by atoms with van der Waals surface area (Å²) in [5.74, 6) is 0.380. The lowest BCUT2D eigenvalue weighted by molar-refractivity contribution is -0.128. The molecule has 0 saturated carbocycles. The molecule has 1 N–H and O–H groups in total. The zero-order valence-corrected chi connectivity index (χ0v) is 15.0. The molecule has 2 aromatic heterocycles. The van der Waals surface area contributed by atoms with Crippen LogP contribution in [0.15, 0.2) is 41.6 Å². The van der Waals surface area contributed by atoms with Crippen LogP contribution in [0.5, 0.6) is 0 Å². The molecule has 0 bridgehead atoms. The molecule has 134 valence electrons. The van der Waals surface area contributed by atoms with Gasteiger partial charge in [0.25, 0.3) is 5.56 Å². The number of nitrogens with zero attached hydrogens (tertiary/aromatic N) is 4. The summed E-state index contributed by atoms with van der Waals surface area (Å²) in [7, 11) is 1.64. The third kappa shape index (κ3) is 3.60. The smallest absolute Gasteiger partial charge is 0.268 e. The van der Waals surface area contributed by atoms with Crippen LogP contribution in [-0.2, 0) is 17.4 Å². The number of amides is 1. The van der Waals surface area contributed by atoms with Crippen molar-refractivity contribution >= 4 is 11.6 Å². The second kappa shape index (κ2) is 6.74. The highest BCUT2D eigenvalue weighted by atomic mass is 16.2. The summed E-state index contributed by atoms with van der Waals surface area (Å²) < 4.78 is 3.23. The van der Waals surface area contributed by atoms with Gasteiger partial charge in [-0.3, -0.25) is 9.59 Å². The Bertz CT molecular complexity index is 794. The van der Waals surface area contributed by atoms with Crippen LogP contribution in [0.25, 0.3) is 0 Å². The summed E-state index contributed by atoms with van der Waals surface area (Å²) in [6.07, 6.45) is 6.51. The van der Waals surface area contributed by atoms with Gasteiger partial charge in [-0.25, -0.2) is 4.68 Å². The van der Waals surface area contributed by atoms with E-state index in [1.165, 1.54) is 4.68 Å². The molecule has 0 aromatic carbocycles. The number of aromatic nitrogens is 3. The van der Waals surface area contributed by atoms with Gasteiger partial charge in [0.15, 0.2) is 0 Å². The molecule has 3 rings (SSSR count). The van der Waals surface area contributed by atoms with E-state index in [4.69, 9.17) is 0 Å². The number of hydrogen-bond donors (Lipinski definition) is 1. The molecule has 25 heavy (non-hydrogen) atoms. The minimum Gasteiger partial charge on any atom is -0.370 e. The van der Waals surface area contributed by atoms with E-state index >= 15 is 0 Å². The fourth-order valence-electron chi connectivity index (χ4n) is 3.14. The Morgan fingerprint density at radius 2 is 2.08 bits per heavy atom. The summed E-state index contributed by atoms with van der Waals surface area (Å²) in [5, 5.41) is 7.15. The lowest BCUT2D eigenvalue weighted by Gasteiger charge is -2.26. The van der Waals surface area contributed by atoms with Gasteiger partial charge in [-0.2, -0.15) is 5.10 Å². The monoisotopic (exact) mass is 343 g/mol. The van der Waals surface area contributed by atoms with Crippen LogP contribution in [0.3, 0.4) is 0 Å². The Balaban J connectivity index is 1.56. The zero-order valence-electron chi connectivity index (χ0n) is 15.0. The van der Waals surface area contributed by atoms with Gasteiger partial charge in [0, 0.05) is 45.1 Å². The van der Waals surface area contributed by atoms with Crippen molar-refractivity contribution in [3.63, 3.8) is 0 Å². The largest absolute Gasteiger partial charge is 0.370 e. The second-order valence-corrected chi connectivity index (χ2v) is 7.14. The molecule has 3 heterocycles. The Morgan fingerprint density at radius 1 is 1.36 bits per heavy atom. The van der Waals surface area contributed by atoms with Crippen molar-refractivity contribution < 1.29 is 4.79 Å². The number of anilines is 1. The highest BCUT2D eigenvalue weighted by Crippen LogP contribution is 2.22. The van der Waals surface area contributed by atoms with Gasteiger partial charge in [-0.15, -0.1) is 0 Å². The maximum Gasteiger partial charge on any atom is 0.268 e. The first-order valence-electron chi connectivity index (χ1n) is 8.58. The summed E-state index contributed by atoms with van der Waals surface area (Å²) in [6.45, 7) is 6.15. The first kappa shape index (κ1) is 17.3. The minimum atomic E-state index is -0.614. The quantitative estimate of drug-likeness (QED) is 0.878. The van der Waals surface area contributed by atoms with Crippen molar-refractivity contribution in [3.8, 4) is 0 Å². The molecule has 1 saturated heterocycles. The van der Waals surface area contributed by atoms with Gasteiger partial charge in [0.2, 0.25) is 5.91 Å². The van der Waals surface area contributed by atoms with Crippen molar-refractivity contribution in [2.24, 2.45) is 13.0 Å². The maximum absolute atomic E-state index is 12.6. The average Bonchev–Trinajstić information content (AvgIpc) is 3.27. The Labute approximate surface area is 147 Å². The molecule has 0 aliphatic carbocycles. The molecule has 2 aromatic rings. The molecule has 7 nitrogen and oxygen atoms in total. The Kier molecular flexibility index (Phi) is 4.65. The maximum atomic E-state index is 12.6. The summed E-state index contributed by atoms with van der Waals surface area (Å²) in [5.41, 5.74) is 0.129. The lowest BCUT2D eigenvalue weighted by atomic mass is 10.0. The highest BCUT2D eigenvalue weighted by Gasteiger charge is 2.30. The fraction of sp³-hybridized carbons (Fsp3) is 0.500. The van der Waals surface area contributed by atoms with E-state index in [2.05, 4.69) is 15.3 Å². The molecule has 1 aliphatic heterocycles. The van der Waals surface area contributed by atoms with Gasteiger partial charge in [0.05, 0.1) is 11.9 Å². The molecule has 1 fully saturated rings. The van der Waals surface area contributed by atoms with Gasteiger partial charge < -0.3 is 14.8 Å². The third-order valence-electron chi connectivity index (χ3n) is 4.96. The van der Waals surface area contributed by atoms with Crippen LogP contribution in [0.1, 0.15) is 20.3 Å². The normalized spacial score (nSPS) is 17.7. The molecular formula is C18H25N5O2. The number of rotatable bonds is 5. The van der Waals surface area contributed by atoms with E-state index in [0.29, 0.717) is 12.5 Å².